The van der Waals surface area contributed by atoms with Gasteiger partial charge in [0.1, 0.15) is 34.8 Å². The number of pyridine rings is 1. The molecule has 11 heteroatoms. The molecule has 3 aliphatic heterocycles. The van der Waals surface area contributed by atoms with E-state index in [1.54, 1.807) is 20.0 Å². The molecular formula is C28H30N6O5. The number of nitrogens with zero attached hydrogens (tertiary/aromatic N) is 4. The first-order valence-electron chi connectivity index (χ1n) is 13.0. The monoisotopic (exact) mass is 530 g/mol. The average molecular weight is 531 g/mol. The fraction of sp³-hybridized carbons (Fsp3) is 0.393. The third-order valence-corrected chi connectivity index (χ3v) is 7.26. The Balaban J connectivity index is 1.34. The summed E-state index contributed by atoms with van der Waals surface area (Å²) in [5, 5.41) is 16.8. The van der Waals surface area contributed by atoms with E-state index >= 15 is 0 Å². The Morgan fingerprint density at radius 1 is 1.08 bits per heavy atom. The molecule has 39 heavy (non-hydrogen) atoms. The van der Waals surface area contributed by atoms with Crippen molar-refractivity contribution in [3.8, 4) is 0 Å². The molecule has 1 saturated heterocycles. The second kappa shape index (κ2) is 9.90. The Kier molecular flexibility index (Phi) is 6.40. The summed E-state index contributed by atoms with van der Waals surface area (Å²) < 4.78 is 17.0. The summed E-state index contributed by atoms with van der Waals surface area (Å²) in [6, 6.07) is 11.1. The van der Waals surface area contributed by atoms with Gasteiger partial charge < -0.3 is 30.0 Å². The minimum atomic E-state index is -0.849. The second-order valence-electron chi connectivity index (χ2n) is 10.4. The van der Waals surface area contributed by atoms with Gasteiger partial charge in [-0.3, -0.25) is 0 Å². The van der Waals surface area contributed by atoms with Crippen LogP contribution in [0.15, 0.2) is 53.8 Å². The molecule has 11 nitrogen and oxygen atoms in total. The van der Waals surface area contributed by atoms with Crippen LogP contribution in [0.2, 0.25) is 0 Å². The number of aliphatic hydroxyl groups is 1. The molecule has 0 amide bonds. The predicted octanol–water partition coefficient (Wildman–Crippen LogP) is 3.49. The number of rotatable bonds is 7. The van der Waals surface area contributed by atoms with Crippen molar-refractivity contribution in [3.63, 3.8) is 0 Å². The normalized spacial score (nSPS) is 19.6. The smallest absolute Gasteiger partial charge is 0.342 e. The van der Waals surface area contributed by atoms with E-state index in [0.29, 0.717) is 54.0 Å². The first-order chi connectivity index (χ1) is 18.9. The number of hydrogen-bond acceptors (Lipinski definition) is 11. The molecule has 3 aliphatic rings. The zero-order chi connectivity index (χ0) is 27.0. The number of esters is 1. The molecule has 0 aliphatic carbocycles. The van der Waals surface area contributed by atoms with E-state index < -0.39 is 11.6 Å². The van der Waals surface area contributed by atoms with Gasteiger partial charge in [0.25, 0.3) is 0 Å². The predicted molar refractivity (Wildman–Crippen MR) is 143 cm³/mol. The zero-order valence-corrected chi connectivity index (χ0v) is 21.8. The van der Waals surface area contributed by atoms with Crippen LogP contribution in [-0.4, -0.2) is 63.9 Å². The van der Waals surface area contributed by atoms with Crippen molar-refractivity contribution < 1.29 is 24.1 Å². The summed E-state index contributed by atoms with van der Waals surface area (Å²) in [7, 11) is 0. The number of aliphatic hydroxyl groups excluding tert-OH is 1. The standard InChI is InChI=1S/C28H30N6O5/c1-27(2)23-19(25(36)39-27)14-30-26(33-23)32-22-12-20(31-21(15-35)17-6-4-3-5-7-17)18(13-29-22)24-34-28(16-38-24)8-10-37-11-9-28/h3-7,12-14,21,35H,8-11,15-16H2,1-2H3,(H2,29,30,31,32,33)/t21-/m1/s1. The van der Waals surface area contributed by atoms with Crippen molar-refractivity contribution in [2.75, 3.05) is 37.1 Å². The molecule has 1 atom stereocenters. The highest BCUT2D eigenvalue weighted by atomic mass is 16.6. The maximum atomic E-state index is 12.1. The highest BCUT2D eigenvalue weighted by Crippen LogP contribution is 2.36. The largest absolute Gasteiger partial charge is 0.475 e. The average Bonchev–Trinajstić information content (AvgIpc) is 3.44. The number of benzene rings is 1. The molecule has 2 aromatic heterocycles. The van der Waals surface area contributed by atoms with Crippen LogP contribution in [0.3, 0.4) is 0 Å². The van der Waals surface area contributed by atoms with E-state index in [1.807, 2.05) is 36.4 Å². The van der Waals surface area contributed by atoms with E-state index in [1.165, 1.54) is 6.20 Å². The van der Waals surface area contributed by atoms with Gasteiger partial charge in [-0.2, -0.15) is 0 Å². The minimum absolute atomic E-state index is 0.125. The van der Waals surface area contributed by atoms with Gasteiger partial charge in [0, 0.05) is 31.7 Å². The molecule has 5 heterocycles. The van der Waals surface area contributed by atoms with Crippen LogP contribution in [0.25, 0.3) is 0 Å². The van der Waals surface area contributed by atoms with Crippen LogP contribution in [0.1, 0.15) is 59.9 Å². The number of ether oxygens (including phenoxy) is 3. The van der Waals surface area contributed by atoms with Crippen molar-refractivity contribution in [3.05, 3.63) is 71.2 Å². The summed E-state index contributed by atoms with van der Waals surface area (Å²) in [6.07, 6.45) is 4.74. The van der Waals surface area contributed by atoms with Gasteiger partial charge in [-0.25, -0.2) is 24.7 Å². The fourth-order valence-electron chi connectivity index (χ4n) is 5.05. The Bertz CT molecular complexity index is 1420. The van der Waals surface area contributed by atoms with Gasteiger partial charge in [-0.15, -0.1) is 0 Å². The summed E-state index contributed by atoms with van der Waals surface area (Å²) in [4.78, 5) is 30.5. The van der Waals surface area contributed by atoms with Crippen molar-refractivity contribution >= 4 is 29.3 Å². The third kappa shape index (κ3) is 4.90. The van der Waals surface area contributed by atoms with E-state index in [0.717, 1.165) is 18.4 Å². The van der Waals surface area contributed by atoms with Crippen LogP contribution < -0.4 is 10.6 Å². The third-order valence-electron chi connectivity index (χ3n) is 7.26. The number of anilines is 3. The molecule has 3 N–H and O–H groups in total. The van der Waals surface area contributed by atoms with E-state index in [9.17, 15) is 9.90 Å². The van der Waals surface area contributed by atoms with Gasteiger partial charge in [-0.05, 0) is 32.3 Å². The lowest BCUT2D eigenvalue weighted by Gasteiger charge is -2.28. The number of hydrogen-bond donors (Lipinski definition) is 3. The van der Waals surface area contributed by atoms with E-state index in [-0.39, 0.29) is 24.1 Å². The van der Waals surface area contributed by atoms with E-state index in [2.05, 4.69) is 25.6 Å². The summed E-state index contributed by atoms with van der Waals surface area (Å²) in [5.74, 6) is 0.817. The Morgan fingerprint density at radius 3 is 2.62 bits per heavy atom. The number of cyclic esters (lactones) is 1. The minimum Gasteiger partial charge on any atom is -0.475 e. The topological polar surface area (TPSA) is 140 Å². The van der Waals surface area contributed by atoms with Crippen LogP contribution in [0, 0.1) is 0 Å². The SMILES string of the molecule is CC1(C)OC(=O)c2cnc(Nc3cc(N[C@H](CO)c4ccccc4)c(C4=NC5(CCOCC5)CO4)cn3)nc21. The van der Waals surface area contributed by atoms with Crippen molar-refractivity contribution in [1.82, 2.24) is 15.0 Å². The number of aliphatic imine (C=N–C) groups is 1. The first kappa shape index (κ1) is 25.2. The summed E-state index contributed by atoms with van der Waals surface area (Å²) in [6.45, 7) is 5.25. The van der Waals surface area contributed by atoms with E-state index in [4.69, 9.17) is 19.2 Å². The lowest BCUT2D eigenvalue weighted by Crippen LogP contribution is -2.35. The lowest BCUT2D eigenvalue weighted by molar-refractivity contribution is 0.00833. The molecule has 0 bridgehead atoms. The number of fused-ring (bicyclic) bond motifs is 1. The van der Waals surface area contributed by atoms with Crippen molar-refractivity contribution in [1.29, 1.82) is 0 Å². The van der Waals surface area contributed by atoms with Gasteiger partial charge in [0.05, 0.1) is 23.9 Å². The van der Waals surface area contributed by atoms with Gasteiger partial charge in [0.15, 0.2) is 0 Å². The zero-order valence-electron chi connectivity index (χ0n) is 21.8. The fourth-order valence-corrected chi connectivity index (χ4v) is 5.05. The van der Waals surface area contributed by atoms with Crippen LogP contribution in [0.4, 0.5) is 17.5 Å². The highest BCUT2D eigenvalue weighted by molar-refractivity contribution is 6.01. The second-order valence-corrected chi connectivity index (χ2v) is 10.4. The maximum Gasteiger partial charge on any atom is 0.342 e. The highest BCUT2D eigenvalue weighted by Gasteiger charge is 2.41. The van der Waals surface area contributed by atoms with Crippen molar-refractivity contribution in [2.24, 2.45) is 4.99 Å². The lowest BCUT2D eigenvalue weighted by atomic mass is 9.92. The van der Waals surface area contributed by atoms with Crippen molar-refractivity contribution in [2.45, 2.75) is 43.9 Å². The Labute approximate surface area is 225 Å². The molecule has 1 fully saturated rings. The quantitative estimate of drug-likeness (QED) is 0.389. The summed E-state index contributed by atoms with van der Waals surface area (Å²) in [5.41, 5.74) is 2.02. The molecule has 0 radical (unpaired) electrons. The van der Waals surface area contributed by atoms with Crippen LogP contribution in [-0.2, 0) is 19.8 Å². The number of aromatic nitrogens is 3. The Morgan fingerprint density at radius 2 is 1.85 bits per heavy atom. The summed E-state index contributed by atoms with van der Waals surface area (Å²) >= 11 is 0. The molecule has 0 saturated carbocycles. The molecule has 0 unspecified atom stereocenters. The maximum absolute atomic E-state index is 12.1. The number of nitrogens with one attached hydrogen (secondary N) is 2. The first-order valence-corrected chi connectivity index (χ1v) is 13.0. The molecular weight excluding hydrogens is 500 g/mol. The van der Waals surface area contributed by atoms with Gasteiger partial charge in [0.2, 0.25) is 11.8 Å². The van der Waals surface area contributed by atoms with Gasteiger partial charge >= 0.3 is 5.97 Å². The Hall–Kier alpha value is -4.09. The number of carbonyl (C=O) groups excluding carboxylic acids is 1. The molecule has 202 valence electrons. The molecule has 1 spiro atoms. The number of carbonyl (C=O) groups is 1. The van der Waals surface area contributed by atoms with Gasteiger partial charge in [-0.1, -0.05) is 30.3 Å². The molecule has 1 aromatic carbocycles. The van der Waals surface area contributed by atoms with Crippen LogP contribution >= 0.6 is 0 Å². The molecule has 6 rings (SSSR count). The van der Waals surface area contributed by atoms with Crippen LogP contribution in [0.5, 0.6) is 0 Å². The molecule has 3 aromatic rings.